The van der Waals surface area contributed by atoms with Gasteiger partial charge in [-0.25, -0.2) is 0 Å². The van der Waals surface area contributed by atoms with Gasteiger partial charge in [-0.2, -0.15) is 7.82 Å². The van der Waals surface area contributed by atoms with Crippen LogP contribution in [0.1, 0.15) is 0 Å². The van der Waals surface area contributed by atoms with E-state index in [1.165, 1.54) is 0 Å². The minimum Gasteiger partial charge on any atom is -0.822 e. The van der Waals surface area contributed by atoms with Crippen LogP contribution in [0.4, 0.5) is 0 Å². The molecule has 0 unspecified atom stereocenters. The second-order valence-corrected chi connectivity index (χ2v) is 1.59. The summed E-state index contributed by atoms with van der Waals surface area (Å²) in [5.41, 5.74) is 0. The maximum absolute atomic E-state index is 8.55. The molecule has 0 aliphatic heterocycles. The topological polar surface area (TPSA) is 120 Å². The fourth-order valence-corrected chi connectivity index (χ4v) is 0. The molecule has 0 atom stereocenters. The third kappa shape index (κ3) is 1670. The minimum absolute atomic E-state index is 0. The SMILES string of the molecule is O=P([O-])([O-])[O-].O=[Si]=O.[Al+3]. The predicted molar refractivity (Wildman–Crippen MR) is 20.5 cm³/mol. The zero-order valence-corrected chi connectivity index (χ0v) is 7.02. The minimum atomic E-state index is -5.39. The molecular formula is AlO6PSi. The Bertz CT molecular complexity index is 111. The van der Waals surface area contributed by atoms with Crippen molar-refractivity contribution in [3.8, 4) is 0 Å². The Labute approximate surface area is 63.2 Å². The van der Waals surface area contributed by atoms with Gasteiger partial charge in [0.15, 0.2) is 0 Å². The molecule has 0 saturated carbocycles. The van der Waals surface area contributed by atoms with E-state index in [1.807, 2.05) is 0 Å². The van der Waals surface area contributed by atoms with Crippen LogP contribution in [-0.2, 0) is 13.5 Å². The van der Waals surface area contributed by atoms with Gasteiger partial charge in [0.05, 0.1) is 0 Å². The molecular weight excluding hydrogens is 182 g/mol. The van der Waals surface area contributed by atoms with E-state index in [9.17, 15) is 0 Å². The molecule has 0 fully saturated rings. The van der Waals surface area contributed by atoms with Crippen LogP contribution in [0.25, 0.3) is 0 Å². The summed E-state index contributed by atoms with van der Waals surface area (Å²) in [7, 11) is -6.81. The second-order valence-electron chi connectivity index (χ2n) is 0.531. The van der Waals surface area contributed by atoms with Crippen LogP contribution in [0, 0.1) is 0 Å². The van der Waals surface area contributed by atoms with E-state index in [-0.39, 0.29) is 17.4 Å². The summed E-state index contributed by atoms with van der Waals surface area (Å²) in [6, 6.07) is 0. The van der Waals surface area contributed by atoms with Crippen molar-refractivity contribution in [3.05, 3.63) is 0 Å². The monoisotopic (exact) mass is 182 g/mol. The van der Waals surface area contributed by atoms with Crippen molar-refractivity contribution in [2.24, 2.45) is 0 Å². The third-order valence-corrected chi connectivity index (χ3v) is 0. The Balaban J connectivity index is -0.0000000800. The van der Waals surface area contributed by atoms with Crippen LogP contribution in [0.5, 0.6) is 0 Å². The molecule has 0 radical (unpaired) electrons. The fraction of sp³-hybridized carbons (Fsp3) is 0. The van der Waals surface area contributed by atoms with E-state index >= 15 is 0 Å². The van der Waals surface area contributed by atoms with Gasteiger partial charge in [0.25, 0.3) is 0 Å². The summed E-state index contributed by atoms with van der Waals surface area (Å²) in [4.78, 5) is 25.6. The van der Waals surface area contributed by atoms with Gasteiger partial charge in [0.2, 0.25) is 0 Å². The molecule has 0 N–H and O–H groups in total. The summed E-state index contributed by atoms with van der Waals surface area (Å²) >= 11 is 0. The van der Waals surface area contributed by atoms with Gasteiger partial charge in [0.1, 0.15) is 0 Å². The Morgan fingerprint density at radius 2 is 1.11 bits per heavy atom. The summed E-state index contributed by atoms with van der Waals surface area (Å²) < 4.78 is 25.4. The van der Waals surface area contributed by atoms with Crippen LogP contribution < -0.4 is 14.7 Å². The van der Waals surface area contributed by atoms with E-state index in [4.69, 9.17) is 28.2 Å². The number of hydrogen-bond acceptors (Lipinski definition) is 6. The summed E-state index contributed by atoms with van der Waals surface area (Å²) in [5.74, 6) is 0. The normalized spacial score (nSPS) is 7.44. The maximum Gasteiger partial charge on any atom is 3.00 e. The molecule has 9 heavy (non-hydrogen) atoms. The van der Waals surface area contributed by atoms with Gasteiger partial charge in [-0.3, -0.25) is 8.92 Å². The molecule has 0 saturated heterocycles. The molecule has 0 aromatic rings. The average molecular weight is 182 g/mol. The zero-order valence-electron chi connectivity index (χ0n) is 3.97. The third-order valence-electron chi connectivity index (χ3n) is 0. The van der Waals surface area contributed by atoms with Gasteiger partial charge in [0, 0.05) is 0 Å². The van der Waals surface area contributed by atoms with Gasteiger partial charge >= 0.3 is 26.7 Å². The summed E-state index contributed by atoms with van der Waals surface area (Å²) in [6.07, 6.45) is 0. The van der Waals surface area contributed by atoms with E-state index in [0.29, 0.717) is 0 Å². The van der Waals surface area contributed by atoms with Crippen molar-refractivity contribution in [2.75, 3.05) is 0 Å². The van der Waals surface area contributed by atoms with Crippen molar-refractivity contribution >= 4 is 34.5 Å². The van der Waals surface area contributed by atoms with Crippen LogP contribution in [0.2, 0.25) is 0 Å². The number of hydrogen-bond donors (Lipinski definition) is 0. The van der Waals surface area contributed by atoms with Crippen LogP contribution in [0.3, 0.4) is 0 Å². The van der Waals surface area contributed by atoms with E-state index in [1.54, 1.807) is 0 Å². The second kappa shape index (κ2) is 8.46. The molecule has 0 heterocycles. The summed E-state index contributed by atoms with van der Waals surface area (Å²) in [6.45, 7) is 0. The fourth-order valence-electron chi connectivity index (χ4n) is 0. The zero-order chi connectivity index (χ0) is 7.21. The molecule has 0 aliphatic carbocycles. The first-order chi connectivity index (χ1) is 3.41. The Morgan fingerprint density at radius 3 is 1.11 bits per heavy atom. The molecule has 0 aliphatic rings. The van der Waals surface area contributed by atoms with Crippen LogP contribution in [0.15, 0.2) is 0 Å². The Morgan fingerprint density at radius 1 is 1.11 bits per heavy atom. The standard InChI is InChI=1S/Al.H3O4P.O2Si/c;1-5(2,3)4;1-3-2/h;(H3,1,2,3,4);/q+3;;/p-3. The smallest absolute Gasteiger partial charge is 0.822 e. The molecule has 0 aromatic heterocycles. The van der Waals surface area contributed by atoms with Crippen molar-refractivity contribution in [3.63, 3.8) is 0 Å². The van der Waals surface area contributed by atoms with Crippen molar-refractivity contribution < 1.29 is 28.2 Å². The Kier molecular flexibility index (Phi) is 15.2. The van der Waals surface area contributed by atoms with Crippen molar-refractivity contribution in [1.82, 2.24) is 0 Å². The summed E-state index contributed by atoms with van der Waals surface area (Å²) in [5, 5.41) is 0. The average Bonchev–Trinajstić information content (AvgIpc) is 1.27. The van der Waals surface area contributed by atoms with Crippen LogP contribution in [-0.4, -0.2) is 26.7 Å². The first kappa shape index (κ1) is 16.2. The molecule has 0 rings (SSSR count). The molecule has 48 valence electrons. The van der Waals surface area contributed by atoms with Crippen molar-refractivity contribution in [1.29, 1.82) is 0 Å². The number of phosphoric acid groups is 1. The molecule has 0 amide bonds. The van der Waals surface area contributed by atoms with E-state index in [0.717, 1.165) is 0 Å². The van der Waals surface area contributed by atoms with Gasteiger partial charge < -0.3 is 19.2 Å². The van der Waals surface area contributed by atoms with E-state index in [2.05, 4.69) is 0 Å². The molecule has 0 aromatic carbocycles. The molecule has 0 spiro atoms. The first-order valence-corrected chi connectivity index (χ1v) is 3.42. The molecule has 9 heteroatoms. The van der Waals surface area contributed by atoms with E-state index < -0.39 is 17.1 Å². The molecule has 6 nitrogen and oxygen atoms in total. The van der Waals surface area contributed by atoms with Gasteiger partial charge in [-0.05, 0) is 0 Å². The van der Waals surface area contributed by atoms with Crippen molar-refractivity contribution in [2.45, 2.75) is 0 Å². The van der Waals surface area contributed by atoms with Crippen LogP contribution >= 0.6 is 7.82 Å². The predicted octanol–water partition coefficient (Wildman–Crippen LogP) is -3.82. The number of rotatable bonds is 0. The van der Waals surface area contributed by atoms with Gasteiger partial charge in [-0.1, -0.05) is 0 Å². The molecule has 0 bridgehead atoms. The Hall–Kier alpha value is 0.459. The quantitative estimate of drug-likeness (QED) is 0.279. The van der Waals surface area contributed by atoms with Gasteiger partial charge in [-0.15, -0.1) is 0 Å². The largest absolute Gasteiger partial charge is 3.00 e. The first-order valence-electron chi connectivity index (χ1n) is 1.14. The maximum atomic E-state index is 8.55.